The normalized spacial score (nSPS) is 21.4. The maximum atomic E-state index is 12.7. The van der Waals surface area contributed by atoms with E-state index in [1.807, 2.05) is 24.3 Å². The molecular weight excluding hydrogens is 342 g/mol. The fourth-order valence-corrected chi connectivity index (χ4v) is 4.41. The van der Waals surface area contributed by atoms with E-state index in [2.05, 4.69) is 24.3 Å². The standard InChI is InChI=1S/C22H23NO4/c1-14-15(21(24)25)11-6-12-23(14)22(26)27-13-20-18-9-4-2-7-16(18)17-8-3-5-10-19(17)20/h2-5,7-10,14-15,20H,6,11-13H2,1H3,(H,24,25)/t14-,15+/m0/s1. The number of carbonyl (C=O) groups excluding carboxylic acids is 1. The number of benzene rings is 2. The van der Waals surface area contributed by atoms with E-state index < -0.39 is 18.0 Å². The third kappa shape index (κ3) is 3.07. The Bertz CT molecular complexity index is 833. The molecule has 0 bridgehead atoms. The highest BCUT2D eigenvalue weighted by atomic mass is 16.6. The first kappa shape index (κ1) is 17.6. The van der Waals surface area contributed by atoms with Gasteiger partial charge in [-0.15, -0.1) is 0 Å². The number of hydrogen-bond donors (Lipinski definition) is 1. The van der Waals surface area contributed by atoms with Gasteiger partial charge in [0.05, 0.1) is 5.92 Å². The average molecular weight is 365 g/mol. The van der Waals surface area contributed by atoms with Gasteiger partial charge in [0.15, 0.2) is 0 Å². The van der Waals surface area contributed by atoms with Gasteiger partial charge in [0.2, 0.25) is 0 Å². The summed E-state index contributed by atoms with van der Waals surface area (Å²) in [7, 11) is 0. The molecule has 1 amide bonds. The molecule has 4 rings (SSSR count). The Morgan fingerprint density at radius 3 is 2.26 bits per heavy atom. The van der Waals surface area contributed by atoms with Gasteiger partial charge < -0.3 is 14.7 Å². The second-order valence-corrected chi connectivity index (χ2v) is 7.32. The van der Waals surface area contributed by atoms with Crippen LogP contribution >= 0.6 is 0 Å². The minimum Gasteiger partial charge on any atom is -0.481 e. The molecule has 27 heavy (non-hydrogen) atoms. The van der Waals surface area contributed by atoms with Crippen molar-refractivity contribution in [2.75, 3.05) is 13.2 Å². The van der Waals surface area contributed by atoms with E-state index in [9.17, 15) is 14.7 Å². The molecule has 1 aliphatic carbocycles. The largest absolute Gasteiger partial charge is 0.481 e. The van der Waals surface area contributed by atoms with E-state index in [1.165, 1.54) is 22.3 Å². The Balaban J connectivity index is 1.50. The summed E-state index contributed by atoms with van der Waals surface area (Å²) in [5.74, 6) is -1.37. The van der Waals surface area contributed by atoms with Crippen LogP contribution in [0.3, 0.4) is 0 Å². The van der Waals surface area contributed by atoms with Gasteiger partial charge in [-0.25, -0.2) is 4.79 Å². The van der Waals surface area contributed by atoms with Crippen molar-refractivity contribution >= 4 is 12.1 Å². The highest BCUT2D eigenvalue weighted by molar-refractivity contribution is 5.79. The van der Waals surface area contributed by atoms with E-state index in [-0.39, 0.29) is 18.6 Å². The third-order valence-electron chi connectivity index (χ3n) is 5.88. The second-order valence-electron chi connectivity index (χ2n) is 7.32. The quantitative estimate of drug-likeness (QED) is 0.888. The maximum Gasteiger partial charge on any atom is 0.410 e. The van der Waals surface area contributed by atoms with Gasteiger partial charge in [-0.2, -0.15) is 0 Å². The summed E-state index contributed by atoms with van der Waals surface area (Å²) in [5.41, 5.74) is 4.71. The van der Waals surface area contributed by atoms with Crippen molar-refractivity contribution in [3.05, 3.63) is 59.7 Å². The first-order valence-corrected chi connectivity index (χ1v) is 9.42. The molecule has 2 aromatic carbocycles. The number of carbonyl (C=O) groups is 2. The predicted octanol–water partition coefficient (Wildman–Crippen LogP) is 4.12. The lowest BCUT2D eigenvalue weighted by Crippen LogP contribution is -2.49. The van der Waals surface area contributed by atoms with E-state index in [0.717, 1.165) is 0 Å². The number of carboxylic acids is 1. The molecule has 140 valence electrons. The Morgan fingerprint density at radius 2 is 1.67 bits per heavy atom. The molecule has 5 heteroatoms. The molecule has 5 nitrogen and oxygen atoms in total. The van der Waals surface area contributed by atoms with Gasteiger partial charge in [0, 0.05) is 18.5 Å². The monoisotopic (exact) mass is 365 g/mol. The summed E-state index contributed by atoms with van der Waals surface area (Å²) in [5, 5.41) is 9.35. The third-order valence-corrected chi connectivity index (χ3v) is 5.88. The van der Waals surface area contributed by atoms with Crippen molar-refractivity contribution in [1.29, 1.82) is 0 Å². The first-order valence-electron chi connectivity index (χ1n) is 9.42. The number of piperidine rings is 1. The molecule has 0 radical (unpaired) electrons. The second kappa shape index (κ2) is 7.06. The molecule has 0 aromatic heterocycles. The first-order chi connectivity index (χ1) is 13.1. The molecule has 2 atom stereocenters. The molecule has 1 saturated heterocycles. The van der Waals surface area contributed by atoms with Crippen LogP contribution < -0.4 is 0 Å². The van der Waals surface area contributed by atoms with Crippen LogP contribution in [-0.2, 0) is 9.53 Å². The summed E-state index contributed by atoms with van der Waals surface area (Å²) in [4.78, 5) is 25.6. The van der Waals surface area contributed by atoms with Gasteiger partial charge >= 0.3 is 12.1 Å². The number of carboxylic acid groups (broad SMARTS) is 1. The zero-order chi connectivity index (χ0) is 19.0. The van der Waals surface area contributed by atoms with Crippen LogP contribution in [0.15, 0.2) is 48.5 Å². The summed E-state index contributed by atoms with van der Waals surface area (Å²) in [6, 6.07) is 16.0. The minimum absolute atomic E-state index is 0.0108. The van der Waals surface area contributed by atoms with Crippen LogP contribution in [0.1, 0.15) is 36.8 Å². The lowest BCUT2D eigenvalue weighted by Gasteiger charge is -2.36. The molecule has 0 saturated carbocycles. The Kier molecular flexibility index (Phi) is 4.60. The number of hydrogen-bond acceptors (Lipinski definition) is 3. The van der Waals surface area contributed by atoms with Gasteiger partial charge in [-0.1, -0.05) is 48.5 Å². The van der Waals surface area contributed by atoms with Gasteiger partial charge in [-0.05, 0) is 42.0 Å². The van der Waals surface area contributed by atoms with Crippen molar-refractivity contribution in [1.82, 2.24) is 4.90 Å². The number of nitrogens with zero attached hydrogens (tertiary/aromatic N) is 1. The zero-order valence-corrected chi connectivity index (χ0v) is 15.3. The van der Waals surface area contributed by atoms with Crippen LogP contribution in [0.25, 0.3) is 11.1 Å². The van der Waals surface area contributed by atoms with E-state index >= 15 is 0 Å². The van der Waals surface area contributed by atoms with Gasteiger partial charge in [0.1, 0.15) is 6.61 Å². The number of ether oxygens (including phenoxy) is 1. The zero-order valence-electron chi connectivity index (χ0n) is 15.3. The van der Waals surface area contributed by atoms with Gasteiger partial charge in [-0.3, -0.25) is 4.79 Å². The number of fused-ring (bicyclic) bond motifs is 3. The summed E-state index contributed by atoms with van der Waals surface area (Å²) in [6.45, 7) is 2.59. The average Bonchev–Trinajstić information content (AvgIpc) is 3.00. The SMILES string of the molecule is C[C@H]1[C@H](C(=O)O)CCCN1C(=O)OCC1c2ccccc2-c2ccccc21. The Morgan fingerprint density at radius 1 is 1.07 bits per heavy atom. The Labute approximate surface area is 158 Å². The van der Waals surface area contributed by atoms with Gasteiger partial charge in [0.25, 0.3) is 0 Å². The molecule has 0 spiro atoms. The number of amides is 1. The summed E-state index contributed by atoms with van der Waals surface area (Å²) in [6.07, 6.45) is 0.866. The summed E-state index contributed by atoms with van der Waals surface area (Å²) >= 11 is 0. The van der Waals surface area contributed by atoms with Crippen molar-refractivity contribution in [2.24, 2.45) is 5.92 Å². The molecule has 2 aliphatic rings. The fourth-order valence-electron chi connectivity index (χ4n) is 4.41. The van der Waals surface area contributed by atoms with E-state index in [0.29, 0.717) is 19.4 Å². The molecule has 1 heterocycles. The molecule has 0 unspecified atom stereocenters. The van der Waals surface area contributed by atoms with Crippen molar-refractivity contribution in [3.8, 4) is 11.1 Å². The molecular formula is C22H23NO4. The number of rotatable bonds is 3. The summed E-state index contributed by atoms with van der Waals surface area (Å²) < 4.78 is 5.67. The van der Waals surface area contributed by atoms with E-state index in [4.69, 9.17) is 4.74 Å². The van der Waals surface area contributed by atoms with Crippen molar-refractivity contribution < 1.29 is 19.4 Å². The lowest BCUT2D eigenvalue weighted by atomic mass is 9.91. The maximum absolute atomic E-state index is 12.7. The topological polar surface area (TPSA) is 66.8 Å². The Hall–Kier alpha value is -2.82. The van der Waals surface area contributed by atoms with Crippen LogP contribution in [0.4, 0.5) is 4.79 Å². The van der Waals surface area contributed by atoms with Crippen LogP contribution in [-0.4, -0.2) is 41.3 Å². The van der Waals surface area contributed by atoms with Crippen LogP contribution in [0, 0.1) is 5.92 Å². The predicted molar refractivity (Wildman–Crippen MR) is 102 cm³/mol. The number of likely N-dealkylation sites (tertiary alicyclic amines) is 1. The van der Waals surface area contributed by atoms with E-state index in [1.54, 1.807) is 11.8 Å². The van der Waals surface area contributed by atoms with Crippen LogP contribution in [0.5, 0.6) is 0 Å². The fraction of sp³-hybridized carbons (Fsp3) is 0.364. The molecule has 1 fully saturated rings. The molecule has 2 aromatic rings. The van der Waals surface area contributed by atoms with Crippen molar-refractivity contribution in [3.63, 3.8) is 0 Å². The van der Waals surface area contributed by atoms with Crippen LogP contribution in [0.2, 0.25) is 0 Å². The highest BCUT2D eigenvalue weighted by Gasteiger charge is 2.37. The lowest BCUT2D eigenvalue weighted by molar-refractivity contribution is -0.145. The highest BCUT2D eigenvalue weighted by Crippen LogP contribution is 2.44. The smallest absolute Gasteiger partial charge is 0.410 e. The minimum atomic E-state index is -0.848. The molecule has 1 N–H and O–H groups in total. The van der Waals surface area contributed by atoms with Crippen molar-refractivity contribution in [2.45, 2.75) is 31.7 Å². The molecule has 1 aliphatic heterocycles. The number of aliphatic carboxylic acids is 1.